The van der Waals surface area contributed by atoms with Crippen molar-refractivity contribution in [1.82, 2.24) is 5.32 Å². The summed E-state index contributed by atoms with van der Waals surface area (Å²) < 4.78 is 0. The van der Waals surface area contributed by atoms with E-state index in [1.54, 1.807) is 0 Å². The number of carbonyl (C=O) groups excluding carboxylic acids is 1. The van der Waals surface area contributed by atoms with Gasteiger partial charge in [-0.25, -0.2) is 0 Å². The normalized spacial score (nSPS) is 45.2. The van der Waals surface area contributed by atoms with Gasteiger partial charge in [0.2, 0.25) is 5.91 Å². The lowest BCUT2D eigenvalue weighted by Crippen LogP contribution is -2.52. The van der Waals surface area contributed by atoms with Crippen LogP contribution < -0.4 is 5.32 Å². The van der Waals surface area contributed by atoms with Crippen molar-refractivity contribution in [1.29, 1.82) is 0 Å². The van der Waals surface area contributed by atoms with E-state index < -0.39 is 0 Å². The van der Waals surface area contributed by atoms with Crippen molar-refractivity contribution >= 4 is 5.91 Å². The number of hydrogen-bond acceptors (Lipinski definition) is 1. The second-order valence-corrected chi connectivity index (χ2v) is 12.1. The van der Waals surface area contributed by atoms with Crippen molar-refractivity contribution in [2.24, 2.45) is 52.3 Å². The molecule has 4 aliphatic rings. The second kappa shape index (κ2) is 8.04. The van der Waals surface area contributed by atoms with Gasteiger partial charge >= 0.3 is 0 Å². The van der Waals surface area contributed by atoms with Gasteiger partial charge in [0, 0.05) is 6.54 Å². The minimum absolute atomic E-state index is 0.119. The van der Waals surface area contributed by atoms with Crippen LogP contribution >= 0.6 is 0 Å². The Morgan fingerprint density at radius 1 is 1.03 bits per heavy atom. The summed E-state index contributed by atoms with van der Waals surface area (Å²) in [6, 6.07) is 0. The Balaban J connectivity index is 1.50. The zero-order chi connectivity index (χ0) is 20.8. The lowest BCUT2D eigenvalue weighted by molar-refractivity contribution is -0.116. The van der Waals surface area contributed by atoms with Crippen LogP contribution in [0.5, 0.6) is 0 Å². The SMILES string of the molecule is CC(C)CCCC(C)C1CCC2C3CCC4CNC(=O)C=CC4(C)C3CCC12C. The fourth-order valence-corrected chi connectivity index (χ4v) is 8.61. The zero-order valence-corrected chi connectivity index (χ0v) is 19.7. The van der Waals surface area contributed by atoms with E-state index in [9.17, 15) is 4.79 Å². The molecule has 3 aliphatic carbocycles. The van der Waals surface area contributed by atoms with Gasteiger partial charge in [-0.1, -0.05) is 60.0 Å². The number of fused-ring (bicyclic) bond motifs is 5. The quantitative estimate of drug-likeness (QED) is 0.553. The number of hydrogen-bond donors (Lipinski definition) is 1. The Kier molecular flexibility index (Phi) is 5.95. The Labute approximate surface area is 179 Å². The molecule has 1 amide bonds. The molecule has 4 rings (SSSR count). The molecule has 0 aromatic carbocycles. The average molecular weight is 400 g/mol. The molecule has 2 nitrogen and oxygen atoms in total. The summed E-state index contributed by atoms with van der Waals surface area (Å²) >= 11 is 0. The topological polar surface area (TPSA) is 29.1 Å². The smallest absolute Gasteiger partial charge is 0.243 e. The Morgan fingerprint density at radius 3 is 2.59 bits per heavy atom. The molecule has 8 atom stereocenters. The summed E-state index contributed by atoms with van der Waals surface area (Å²) in [7, 11) is 0. The van der Waals surface area contributed by atoms with Crippen molar-refractivity contribution in [3.05, 3.63) is 12.2 Å². The highest BCUT2D eigenvalue weighted by atomic mass is 16.1. The number of allylic oxidation sites excluding steroid dienone is 1. The number of nitrogens with one attached hydrogen (secondary N) is 1. The van der Waals surface area contributed by atoms with Crippen LogP contribution in [0.4, 0.5) is 0 Å². The highest BCUT2D eigenvalue weighted by Crippen LogP contribution is 2.67. The van der Waals surface area contributed by atoms with Crippen LogP contribution in [0.15, 0.2) is 12.2 Å². The highest BCUT2D eigenvalue weighted by molar-refractivity contribution is 5.87. The van der Waals surface area contributed by atoms with Gasteiger partial charge in [0.1, 0.15) is 0 Å². The molecule has 1 aliphatic heterocycles. The molecular formula is C27H45NO. The Morgan fingerprint density at radius 2 is 1.83 bits per heavy atom. The largest absolute Gasteiger partial charge is 0.352 e. The van der Waals surface area contributed by atoms with Crippen LogP contribution in [-0.2, 0) is 4.79 Å². The molecule has 0 aromatic heterocycles. The van der Waals surface area contributed by atoms with Crippen LogP contribution in [0.3, 0.4) is 0 Å². The second-order valence-electron chi connectivity index (χ2n) is 12.1. The van der Waals surface area contributed by atoms with Crippen molar-refractivity contribution in [2.45, 2.75) is 92.4 Å². The Hall–Kier alpha value is -0.790. The first-order valence-electron chi connectivity index (χ1n) is 12.7. The molecule has 1 N–H and O–H groups in total. The number of carbonyl (C=O) groups is 1. The fraction of sp³-hybridized carbons (Fsp3) is 0.889. The Bertz CT molecular complexity index is 638. The van der Waals surface area contributed by atoms with E-state index in [-0.39, 0.29) is 11.3 Å². The maximum atomic E-state index is 12.0. The van der Waals surface area contributed by atoms with Crippen LogP contribution in [0.2, 0.25) is 0 Å². The molecule has 3 saturated carbocycles. The van der Waals surface area contributed by atoms with Gasteiger partial charge in [-0.05, 0) is 96.9 Å². The average Bonchev–Trinajstić information content (AvgIpc) is 2.94. The molecule has 0 bridgehead atoms. The van der Waals surface area contributed by atoms with Crippen molar-refractivity contribution in [3.63, 3.8) is 0 Å². The zero-order valence-electron chi connectivity index (χ0n) is 19.7. The molecule has 0 spiro atoms. The summed E-state index contributed by atoms with van der Waals surface area (Å²) in [5.74, 6) is 5.97. The number of rotatable bonds is 5. The molecule has 164 valence electrons. The molecule has 2 heteroatoms. The molecule has 1 heterocycles. The van der Waals surface area contributed by atoms with E-state index >= 15 is 0 Å². The lowest BCUT2D eigenvalue weighted by atomic mass is 9.46. The van der Waals surface area contributed by atoms with Crippen LogP contribution in [0, 0.1) is 52.3 Å². The predicted molar refractivity (Wildman–Crippen MR) is 121 cm³/mol. The first-order chi connectivity index (χ1) is 13.8. The molecular weight excluding hydrogens is 354 g/mol. The van der Waals surface area contributed by atoms with Gasteiger partial charge in [-0.3, -0.25) is 4.79 Å². The standard InChI is InChI=1S/C27H45NO/c1-18(2)7-6-8-19(3)22-11-12-23-21-10-9-20-17-28-25(29)14-16-26(20,4)24(21)13-15-27(22,23)5/h14,16,18-24H,6-13,15,17H2,1-5H3,(H,28,29). The fourth-order valence-electron chi connectivity index (χ4n) is 8.61. The molecule has 8 unspecified atom stereocenters. The predicted octanol–water partition coefficient (Wildman–Crippen LogP) is 6.61. The van der Waals surface area contributed by atoms with E-state index in [0.29, 0.717) is 11.3 Å². The molecule has 0 radical (unpaired) electrons. The van der Waals surface area contributed by atoms with E-state index in [4.69, 9.17) is 0 Å². The monoisotopic (exact) mass is 399 g/mol. The number of amides is 1. The first-order valence-corrected chi connectivity index (χ1v) is 12.7. The summed E-state index contributed by atoms with van der Waals surface area (Å²) in [5, 5.41) is 3.14. The van der Waals surface area contributed by atoms with Crippen molar-refractivity contribution in [2.75, 3.05) is 6.54 Å². The lowest BCUT2D eigenvalue weighted by Gasteiger charge is -2.58. The summed E-state index contributed by atoms with van der Waals surface area (Å²) in [6.45, 7) is 13.3. The highest BCUT2D eigenvalue weighted by Gasteiger charge is 2.59. The first kappa shape index (κ1) is 21.4. The van der Waals surface area contributed by atoms with Gasteiger partial charge in [-0.15, -0.1) is 0 Å². The van der Waals surface area contributed by atoms with Crippen molar-refractivity contribution in [3.8, 4) is 0 Å². The third-order valence-corrected chi connectivity index (χ3v) is 10.3. The minimum Gasteiger partial charge on any atom is -0.352 e. The van der Waals surface area contributed by atoms with E-state index in [2.05, 4.69) is 46.0 Å². The van der Waals surface area contributed by atoms with Gasteiger partial charge in [0.25, 0.3) is 0 Å². The molecule has 3 fully saturated rings. The molecule has 0 saturated heterocycles. The van der Waals surface area contributed by atoms with Crippen molar-refractivity contribution < 1.29 is 4.79 Å². The maximum Gasteiger partial charge on any atom is 0.243 e. The van der Waals surface area contributed by atoms with E-state index in [1.807, 2.05) is 6.08 Å². The third-order valence-electron chi connectivity index (χ3n) is 10.3. The molecule has 0 aromatic rings. The summed E-state index contributed by atoms with van der Waals surface area (Å²) in [5.41, 5.74) is 0.772. The van der Waals surface area contributed by atoms with Crippen LogP contribution in [0.25, 0.3) is 0 Å². The van der Waals surface area contributed by atoms with Gasteiger partial charge in [0.15, 0.2) is 0 Å². The molecule has 29 heavy (non-hydrogen) atoms. The van der Waals surface area contributed by atoms with Crippen LogP contribution in [0.1, 0.15) is 92.4 Å². The van der Waals surface area contributed by atoms with E-state index in [0.717, 1.165) is 42.1 Å². The van der Waals surface area contributed by atoms with Crippen LogP contribution in [-0.4, -0.2) is 12.5 Å². The third kappa shape index (κ3) is 3.72. The van der Waals surface area contributed by atoms with Gasteiger partial charge < -0.3 is 5.32 Å². The minimum atomic E-state index is 0.119. The summed E-state index contributed by atoms with van der Waals surface area (Å²) in [4.78, 5) is 12.0. The van der Waals surface area contributed by atoms with Gasteiger partial charge in [-0.2, -0.15) is 0 Å². The van der Waals surface area contributed by atoms with E-state index in [1.165, 1.54) is 57.8 Å². The van der Waals surface area contributed by atoms with Gasteiger partial charge in [0.05, 0.1) is 0 Å². The maximum absolute atomic E-state index is 12.0. The summed E-state index contributed by atoms with van der Waals surface area (Å²) in [6.07, 6.45) is 16.8.